The molecule has 0 bridgehead atoms. The van der Waals surface area contributed by atoms with Crippen LogP contribution in [0.15, 0.2) is 57.9 Å². The number of rotatable bonds is 6. The van der Waals surface area contributed by atoms with E-state index in [4.69, 9.17) is 34.8 Å². The monoisotopic (exact) mass is 535 g/mol. The molecular weight excluding hydrogens is 521 g/mol. The number of anilines is 1. The molecule has 1 heterocycles. The van der Waals surface area contributed by atoms with Crippen LogP contribution in [0.5, 0.6) is 5.75 Å². The lowest BCUT2D eigenvalue weighted by molar-refractivity contribution is -0.113. The summed E-state index contributed by atoms with van der Waals surface area (Å²) in [4.78, 5) is 21.3. The van der Waals surface area contributed by atoms with Crippen LogP contribution in [0.3, 0.4) is 0 Å². The third kappa shape index (κ3) is 5.99. The number of fused-ring (bicyclic) bond motifs is 1. The van der Waals surface area contributed by atoms with E-state index in [0.717, 1.165) is 20.1 Å². The molecule has 33 heavy (non-hydrogen) atoms. The van der Waals surface area contributed by atoms with Gasteiger partial charge in [0.2, 0.25) is 5.91 Å². The molecule has 5 nitrogen and oxygen atoms in total. The van der Waals surface area contributed by atoms with Crippen LogP contribution in [0.25, 0.3) is 10.2 Å². The third-order valence-corrected chi connectivity index (χ3v) is 7.62. The number of nitrogens with zero attached hydrogens (tertiary/aromatic N) is 2. The molecule has 0 aliphatic heterocycles. The van der Waals surface area contributed by atoms with E-state index in [9.17, 15) is 9.90 Å². The van der Waals surface area contributed by atoms with Crippen molar-refractivity contribution in [1.82, 2.24) is 4.98 Å². The molecule has 0 spiro atoms. The summed E-state index contributed by atoms with van der Waals surface area (Å²) in [6, 6.07) is 14.0. The van der Waals surface area contributed by atoms with Crippen LogP contribution in [0.2, 0.25) is 15.1 Å². The summed E-state index contributed by atoms with van der Waals surface area (Å²) in [6.45, 7) is 1.91. The highest BCUT2D eigenvalue weighted by molar-refractivity contribution is 8.01. The van der Waals surface area contributed by atoms with Gasteiger partial charge in [-0.3, -0.25) is 9.79 Å². The number of phenolic OH excluding ortho intramolecular Hbond substituents is 1. The van der Waals surface area contributed by atoms with E-state index in [1.165, 1.54) is 35.4 Å². The van der Waals surface area contributed by atoms with Crippen molar-refractivity contribution in [3.63, 3.8) is 0 Å². The molecule has 2 N–H and O–H groups in total. The average Bonchev–Trinajstić information content (AvgIpc) is 3.18. The van der Waals surface area contributed by atoms with Gasteiger partial charge in [-0.1, -0.05) is 52.6 Å². The molecule has 0 fully saturated rings. The molecule has 0 saturated heterocycles. The van der Waals surface area contributed by atoms with Crippen LogP contribution in [0.4, 0.5) is 11.4 Å². The number of nitrogens with one attached hydrogen (secondary N) is 1. The number of hydrogen-bond acceptors (Lipinski definition) is 6. The Bertz CT molecular complexity index is 1390. The number of aromatic nitrogens is 1. The summed E-state index contributed by atoms with van der Waals surface area (Å²) in [5.41, 5.74) is 3.55. The first kappa shape index (κ1) is 23.9. The van der Waals surface area contributed by atoms with Crippen LogP contribution in [-0.2, 0) is 4.79 Å². The minimum absolute atomic E-state index is 0.0754. The maximum atomic E-state index is 12.3. The molecular formula is C23H16Cl3N3O2S2. The van der Waals surface area contributed by atoms with E-state index >= 15 is 0 Å². The van der Waals surface area contributed by atoms with Gasteiger partial charge in [-0.25, -0.2) is 4.98 Å². The molecule has 0 atom stereocenters. The summed E-state index contributed by atoms with van der Waals surface area (Å²) in [5, 5.41) is 14.1. The first-order valence-electron chi connectivity index (χ1n) is 9.60. The second-order valence-corrected chi connectivity index (χ2v) is 10.5. The predicted octanol–water partition coefficient (Wildman–Crippen LogP) is 7.75. The van der Waals surface area contributed by atoms with E-state index in [-0.39, 0.29) is 22.4 Å². The molecule has 0 aliphatic rings. The van der Waals surface area contributed by atoms with Crippen molar-refractivity contribution in [3.05, 3.63) is 74.7 Å². The van der Waals surface area contributed by atoms with E-state index in [2.05, 4.69) is 15.3 Å². The summed E-state index contributed by atoms with van der Waals surface area (Å²) < 4.78 is 1.72. The molecule has 168 valence electrons. The number of amides is 1. The number of thiazole rings is 1. The van der Waals surface area contributed by atoms with Gasteiger partial charge in [0.1, 0.15) is 5.75 Å². The molecule has 1 amide bonds. The zero-order valence-electron chi connectivity index (χ0n) is 17.1. The molecule has 10 heteroatoms. The van der Waals surface area contributed by atoms with Crippen LogP contribution >= 0.6 is 57.9 Å². The van der Waals surface area contributed by atoms with Crippen LogP contribution < -0.4 is 5.32 Å². The Kier molecular flexibility index (Phi) is 7.46. The Morgan fingerprint density at radius 2 is 1.97 bits per heavy atom. The number of aryl methyl sites for hydroxylation is 1. The van der Waals surface area contributed by atoms with Gasteiger partial charge in [0.15, 0.2) is 4.34 Å². The fourth-order valence-corrected chi connectivity index (χ4v) is 5.45. The normalized spacial score (nSPS) is 11.4. The highest BCUT2D eigenvalue weighted by Crippen LogP contribution is 2.33. The number of phenols is 1. The van der Waals surface area contributed by atoms with Gasteiger partial charge in [-0.05, 0) is 55.0 Å². The van der Waals surface area contributed by atoms with Gasteiger partial charge >= 0.3 is 0 Å². The number of benzene rings is 3. The Morgan fingerprint density at radius 3 is 2.76 bits per heavy atom. The summed E-state index contributed by atoms with van der Waals surface area (Å²) in [6.07, 6.45) is 1.51. The van der Waals surface area contributed by atoms with Crippen molar-refractivity contribution in [2.75, 3.05) is 11.1 Å². The molecule has 0 unspecified atom stereocenters. The summed E-state index contributed by atoms with van der Waals surface area (Å²) >= 11 is 20.9. The Hall–Kier alpha value is -2.29. The molecule has 0 saturated carbocycles. The van der Waals surface area contributed by atoms with Crippen molar-refractivity contribution in [2.45, 2.75) is 11.3 Å². The number of aromatic hydroxyl groups is 1. The number of carbonyl (C=O) groups excluding carboxylic acids is 1. The Balaban J connectivity index is 1.42. The van der Waals surface area contributed by atoms with Crippen molar-refractivity contribution in [1.29, 1.82) is 0 Å². The number of thioether (sulfide) groups is 1. The van der Waals surface area contributed by atoms with Crippen molar-refractivity contribution in [3.8, 4) is 5.75 Å². The molecule has 0 radical (unpaired) electrons. The van der Waals surface area contributed by atoms with Crippen LogP contribution in [0.1, 0.15) is 11.1 Å². The van der Waals surface area contributed by atoms with E-state index in [1.807, 2.05) is 37.3 Å². The second kappa shape index (κ2) is 10.3. The van der Waals surface area contributed by atoms with Crippen molar-refractivity contribution in [2.24, 2.45) is 4.99 Å². The predicted molar refractivity (Wildman–Crippen MR) is 141 cm³/mol. The Labute approximate surface area is 213 Å². The third-order valence-electron chi connectivity index (χ3n) is 4.55. The van der Waals surface area contributed by atoms with Gasteiger partial charge in [-0.2, -0.15) is 0 Å². The molecule has 4 aromatic rings. The number of halogens is 3. The fourth-order valence-electron chi connectivity index (χ4n) is 2.86. The van der Waals surface area contributed by atoms with Crippen molar-refractivity contribution >= 4 is 91.6 Å². The lowest BCUT2D eigenvalue weighted by atomic mass is 10.2. The van der Waals surface area contributed by atoms with Crippen molar-refractivity contribution < 1.29 is 9.90 Å². The SMILES string of the molecule is Cc1ccc(NC(=O)CSc2nc3ccc(N=Cc4cc(Cl)cc(Cl)c4O)cc3s2)cc1Cl. The highest BCUT2D eigenvalue weighted by atomic mass is 35.5. The molecule has 4 rings (SSSR count). The second-order valence-electron chi connectivity index (χ2n) is 7.02. The van der Waals surface area contributed by atoms with Gasteiger partial charge < -0.3 is 10.4 Å². The summed E-state index contributed by atoms with van der Waals surface area (Å²) in [7, 11) is 0. The summed E-state index contributed by atoms with van der Waals surface area (Å²) in [5.74, 6) is 0.0171. The quantitative estimate of drug-likeness (QED) is 0.195. The smallest absolute Gasteiger partial charge is 0.234 e. The number of aliphatic imine (C=N–C) groups is 1. The maximum Gasteiger partial charge on any atom is 0.234 e. The minimum atomic E-state index is -0.135. The zero-order chi connectivity index (χ0) is 23.5. The van der Waals surface area contributed by atoms with E-state index in [0.29, 0.717) is 27.0 Å². The first-order chi connectivity index (χ1) is 15.8. The molecule has 0 aliphatic carbocycles. The van der Waals surface area contributed by atoms with E-state index < -0.39 is 0 Å². The topological polar surface area (TPSA) is 74.6 Å². The average molecular weight is 537 g/mol. The van der Waals surface area contributed by atoms with Gasteiger partial charge in [-0.15, -0.1) is 11.3 Å². The number of hydrogen-bond donors (Lipinski definition) is 2. The maximum absolute atomic E-state index is 12.3. The minimum Gasteiger partial charge on any atom is -0.506 e. The van der Waals surface area contributed by atoms with Gasteiger partial charge in [0.25, 0.3) is 0 Å². The highest BCUT2D eigenvalue weighted by Gasteiger charge is 2.10. The molecule has 3 aromatic carbocycles. The lowest BCUT2D eigenvalue weighted by Crippen LogP contribution is -2.13. The fraction of sp³-hybridized carbons (Fsp3) is 0.0870. The zero-order valence-corrected chi connectivity index (χ0v) is 21.0. The largest absolute Gasteiger partial charge is 0.506 e. The standard InChI is InChI=1S/C23H16Cl3N3O2S2/c1-12-2-3-16(8-17(12)25)28-21(30)11-32-23-29-19-5-4-15(9-20(19)33-23)27-10-13-6-14(24)7-18(26)22(13)31/h2-10,31H,11H2,1H3,(H,28,30). The van der Waals surface area contributed by atoms with Gasteiger partial charge in [0.05, 0.1) is 26.7 Å². The van der Waals surface area contributed by atoms with E-state index in [1.54, 1.807) is 12.1 Å². The number of carbonyl (C=O) groups is 1. The van der Waals surface area contributed by atoms with Crippen LogP contribution in [0, 0.1) is 6.92 Å². The Morgan fingerprint density at radius 1 is 1.15 bits per heavy atom. The van der Waals surface area contributed by atoms with Gasteiger partial charge in [0, 0.05) is 27.5 Å². The molecule has 1 aromatic heterocycles. The lowest BCUT2D eigenvalue weighted by Gasteiger charge is -2.06. The van der Waals surface area contributed by atoms with Crippen LogP contribution in [-0.4, -0.2) is 28.0 Å². The first-order valence-corrected chi connectivity index (χ1v) is 12.5.